The van der Waals surface area contributed by atoms with Crippen LogP contribution in [0.3, 0.4) is 0 Å². The first-order chi connectivity index (χ1) is 8.72. The molecule has 1 aromatic carbocycles. The summed E-state index contributed by atoms with van der Waals surface area (Å²) >= 11 is 0. The first-order valence-electron chi connectivity index (χ1n) is 6.72. The molecule has 0 amide bonds. The van der Waals surface area contributed by atoms with Gasteiger partial charge in [-0.3, -0.25) is 0 Å². The van der Waals surface area contributed by atoms with Crippen LogP contribution in [-0.2, 0) is 0 Å². The van der Waals surface area contributed by atoms with Gasteiger partial charge in [-0.1, -0.05) is 6.92 Å². The van der Waals surface area contributed by atoms with Gasteiger partial charge in [0.05, 0.1) is 11.0 Å². The third-order valence-electron chi connectivity index (χ3n) is 3.81. The Morgan fingerprint density at radius 2 is 2.22 bits per heavy atom. The zero-order chi connectivity index (χ0) is 12.5. The van der Waals surface area contributed by atoms with Crippen molar-refractivity contribution in [1.82, 2.24) is 9.97 Å². The molecule has 1 unspecified atom stereocenters. The summed E-state index contributed by atoms with van der Waals surface area (Å²) in [6, 6.07) is 5.83. The van der Waals surface area contributed by atoms with Gasteiger partial charge in [-0.15, -0.1) is 0 Å². The summed E-state index contributed by atoms with van der Waals surface area (Å²) in [6.45, 7) is 4.53. The lowest BCUT2D eigenvalue weighted by atomic mass is 10.0. The van der Waals surface area contributed by atoms with Gasteiger partial charge in [0.2, 0.25) is 5.95 Å². The van der Waals surface area contributed by atoms with Crippen molar-refractivity contribution in [2.24, 2.45) is 5.92 Å². The van der Waals surface area contributed by atoms with Gasteiger partial charge in [0, 0.05) is 18.8 Å². The van der Waals surface area contributed by atoms with Crippen LogP contribution >= 0.6 is 0 Å². The Balaban J connectivity index is 1.89. The Morgan fingerprint density at radius 3 is 3.11 bits per heavy atom. The standard InChI is InChI=1S/C14H20N4/c1-10-3-2-7-18(8-6-10)14-16-12-5-4-11(15)9-13(12)17-14/h4-5,9-10H,2-3,6-8,15H2,1H3,(H,16,17). The number of benzene rings is 1. The maximum Gasteiger partial charge on any atom is 0.203 e. The first-order valence-corrected chi connectivity index (χ1v) is 6.72. The summed E-state index contributed by atoms with van der Waals surface area (Å²) in [5, 5.41) is 0. The van der Waals surface area contributed by atoms with Crippen LogP contribution in [-0.4, -0.2) is 23.1 Å². The minimum absolute atomic E-state index is 0.780. The van der Waals surface area contributed by atoms with Crippen molar-refractivity contribution in [3.05, 3.63) is 18.2 Å². The van der Waals surface area contributed by atoms with Crippen LogP contribution in [0.5, 0.6) is 0 Å². The van der Waals surface area contributed by atoms with E-state index < -0.39 is 0 Å². The zero-order valence-corrected chi connectivity index (χ0v) is 10.8. The van der Waals surface area contributed by atoms with E-state index in [2.05, 4.69) is 21.8 Å². The SMILES string of the molecule is CC1CCCN(c2nc3ccc(N)cc3[nH]2)CC1. The van der Waals surface area contributed by atoms with Crippen molar-refractivity contribution < 1.29 is 0 Å². The highest BCUT2D eigenvalue weighted by molar-refractivity contribution is 5.80. The normalized spacial score (nSPS) is 21.2. The lowest BCUT2D eigenvalue weighted by molar-refractivity contribution is 0.521. The van der Waals surface area contributed by atoms with Crippen LogP contribution in [0.15, 0.2) is 18.2 Å². The van der Waals surface area contributed by atoms with Gasteiger partial charge in [0.1, 0.15) is 0 Å². The predicted molar refractivity (Wildman–Crippen MR) is 75.7 cm³/mol. The number of anilines is 2. The van der Waals surface area contributed by atoms with Crippen LogP contribution in [0.2, 0.25) is 0 Å². The number of hydrogen-bond acceptors (Lipinski definition) is 3. The van der Waals surface area contributed by atoms with E-state index in [1.165, 1.54) is 19.3 Å². The molecule has 3 N–H and O–H groups in total. The van der Waals surface area contributed by atoms with Crippen molar-refractivity contribution in [3.8, 4) is 0 Å². The fraction of sp³-hybridized carbons (Fsp3) is 0.500. The summed E-state index contributed by atoms with van der Waals surface area (Å²) in [7, 11) is 0. The fourth-order valence-corrected chi connectivity index (χ4v) is 2.64. The van der Waals surface area contributed by atoms with Crippen LogP contribution in [0.25, 0.3) is 11.0 Å². The molecule has 96 valence electrons. The van der Waals surface area contributed by atoms with Crippen LogP contribution < -0.4 is 10.6 Å². The number of nitrogens with one attached hydrogen (secondary N) is 1. The van der Waals surface area contributed by atoms with Gasteiger partial charge < -0.3 is 15.6 Å². The molecule has 1 saturated heterocycles. The molecule has 1 aromatic heterocycles. The number of aromatic nitrogens is 2. The number of nitrogens with two attached hydrogens (primary N) is 1. The van der Waals surface area contributed by atoms with Gasteiger partial charge >= 0.3 is 0 Å². The molecule has 1 aliphatic heterocycles. The highest BCUT2D eigenvalue weighted by atomic mass is 15.3. The van der Waals surface area contributed by atoms with E-state index in [0.29, 0.717) is 0 Å². The van der Waals surface area contributed by atoms with Crippen molar-refractivity contribution >= 4 is 22.7 Å². The third kappa shape index (κ3) is 2.15. The van der Waals surface area contributed by atoms with E-state index in [4.69, 9.17) is 5.73 Å². The number of H-pyrrole nitrogens is 1. The molecule has 0 radical (unpaired) electrons. The molecule has 3 rings (SSSR count). The molecule has 1 fully saturated rings. The maximum absolute atomic E-state index is 5.79. The average molecular weight is 244 g/mol. The molecule has 0 bridgehead atoms. The quantitative estimate of drug-likeness (QED) is 0.758. The monoisotopic (exact) mass is 244 g/mol. The molecule has 18 heavy (non-hydrogen) atoms. The van der Waals surface area contributed by atoms with Gasteiger partial charge in [-0.2, -0.15) is 0 Å². The van der Waals surface area contributed by atoms with E-state index >= 15 is 0 Å². The van der Waals surface area contributed by atoms with Crippen molar-refractivity contribution in [2.45, 2.75) is 26.2 Å². The lowest BCUT2D eigenvalue weighted by Gasteiger charge is -2.18. The third-order valence-corrected chi connectivity index (χ3v) is 3.81. The summed E-state index contributed by atoms with van der Waals surface area (Å²) < 4.78 is 0. The second kappa shape index (κ2) is 4.52. The first kappa shape index (κ1) is 11.4. The van der Waals surface area contributed by atoms with Gasteiger partial charge in [0.15, 0.2) is 0 Å². The molecule has 0 saturated carbocycles. The Kier molecular flexibility index (Phi) is 2.86. The molecule has 1 atom stereocenters. The Labute approximate surface area is 107 Å². The van der Waals surface area contributed by atoms with E-state index in [0.717, 1.165) is 41.7 Å². The predicted octanol–water partition coefficient (Wildman–Crippen LogP) is 2.77. The molecule has 1 aliphatic rings. The summed E-state index contributed by atoms with van der Waals surface area (Å²) in [4.78, 5) is 10.4. The van der Waals surface area contributed by atoms with Crippen LogP contribution in [0, 0.1) is 5.92 Å². The molecule has 0 aliphatic carbocycles. The molecule has 2 aromatic rings. The highest BCUT2D eigenvalue weighted by Gasteiger charge is 2.16. The fourth-order valence-electron chi connectivity index (χ4n) is 2.64. The molecular weight excluding hydrogens is 224 g/mol. The van der Waals surface area contributed by atoms with Crippen molar-refractivity contribution in [3.63, 3.8) is 0 Å². The number of aromatic amines is 1. The Morgan fingerprint density at radius 1 is 1.33 bits per heavy atom. The van der Waals surface area contributed by atoms with E-state index in [1.54, 1.807) is 0 Å². The van der Waals surface area contributed by atoms with E-state index in [9.17, 15) is 0 Å². The summed E-state index contributed by atoms with van der Waals surface area (Å²) in [5.74, 6) is 1.82. The van der Waals surface area contributed by atoms with Gasteiger partial charge in [-0.25, -0.2) is 4.98 Å². The van der Waals surface area contributed by atoms with Crippen molar-refractivity contribution in [1.29, 1.82) is 0 Å². The molecule has 2 heterocycles. The van der Waals surface area contributed by atoms with Crippen LogP contribution in [0.1, 0.15) is 26.2 Å². The average Bonchev–Trinajstić information content (AvgIpc) is 2.63. The minimum Gasteiger partial charge on any atom is -0.399 e. The molecule has 4 heteroatoms. The maximum atomic E-state index is 5.79. The molecule has 0 spiro atoms. The highest BCUT2D eigenvalue weighted by Crippen LogP contribution is 2.23. The second-order valence-electron chi connectivity index (χ2n) is 5.36. The molecular formula is C14H20N4. The number of imidazole rings is 1. The van der Waals surface area contributed by atoms with E-state index in [1.807, 2.05) is 18.2 Å². The summed E-state index contributed by atoms with van der Waals surface area (Å²) in [5.41, 5.74) is 8.60. The number of nitrogen functional groups attached to an aromatic ring is 1. The number of nitrogens with zero attached hydrogens (tertiary/aromatic N) is 2. The smallest absolute Gasteiger partial charge is 0.203 e. The van der Waals surface area contributed by atoms with Gasteiger partial charge in [0.25, 0.3) is 0 Å². The van der Waals surface area contributed by atoms with Gasteiger partial charge in [-0.05, 0) is 43.4 Å². The lowest BCUT2D eigenvalue weighted by Crippen LogP contribution is -2.25. The molecule has 4 nitrogen and oxygen atoms in total. The topological polar surface area (TPSA) is 57.9 Å². The van der Waals surface area contributed by atoms with E-state index in [-0.39, 0.29) is 0 Å². The Bertz CT molecular complexity index is 546. The Hall–Kier alpha value is -1.71. The minimum atomic E-state index is 0.780. The number of rotatable bonds is 1. The van der Waals surface area contributed by atoms with Crippen LogP contribution in [0.4, 0.5) is 11.6 Å². The van der Waals surface area contributed by atoms with Crippen molar-refractivity contribution in [2.75, 3.05) is 23.7 Å². The summed E-state index contributed by atoms with van der Waals surface area (Å²) in [6.07, 6.45) is 3.82. The second-order valence-corrected chi connectivity index (χ2v) is 5.36. The number of fused-ring (bicyclic) bond motifs is 1. The zero-order valence-electron chi connectivity index (χ0n) is 10.8. The largest absolute Gasteiger partial charge is 0.399 e. The number of hydrogen-bond donors (Lipinski definition) is 2.